The van der Waals surface area contributed by atoms with E-state index < -0.39 is 11.6 Å². The molecule has 66 valence electrons. The quantitative estimate of drug-likeness (QED) is 0.526. The number of halogens is 2. The molecule has 0 aromatic heterocycles. The number of methoxy groups -OCH3 is 1. The van der Waals surface area contributed by atoms with Crippen molar-refractivity contribution in [2.24, 2.45) is 0 Å². The topological polar surface area (TPSA) is 55.5 Å². The van der Waals surface area contributed by atoms with Crippen LogP contribution in [0.4, 0.5) is 10.1 Å². The zero-order valence-corrected chi connectivity index (χ0v) is 7.02. The third kappa shape index (κ3) is 1.25. The third-order valence-electron chi connectivity index (χ3n) is 1.41. The van der Waals surface area contributed by atoms with Crippen LogP contribution in [0.25, 0.3) is 0 Å². The summed E-state index contributed by atoms with van der Waals surface area (Å²) in [6.07, 6.45) is 0. The first-order valence-electron chi connectivity index (χ1n) is 3.08. The molecule has 0 spiro atoms. The van der Waals surface area contributed by atoms with Crippen molar-refractivity contribution in [2.75, 3.05) is 12.8 Å². The monoisotopic (exact) mass is 191 g/mol. The van der Waals surface area contributed by atoms with Crippen LogP contribution in [-0.4, -0.2) is 12.2 Å². The molecule has 0 unspecified atom stereocenters. The lowest BCUT2D eigenvalue weighted by Crippen LogP contribution is -1.94. The highest BCUT2D eigenvalue weighted by atomic mass is 35.5. The Balaban J connectivity index is 3.39. The van der Waals surface area contributed by atoms with Crippen LogP contribution < -0.4 is 10.5 Å². The van der Waals surface area contributed by atoms with Crippen LogP contribution in [0.5, 0.6) is 11.5 Å². The summed E-state index contributed by atoms with van der Waals surface area (Å²) in [6, 6.07) is 0.966. The number of phenols is 1. The number of nitrogens with two attached hydrogens (primary N) is 1. The van der Waals surface area contributed by atoms with Crippen molar-refractivity contribution in [3.05, 3.63) is 16.9 Å². The van der Waals surface area contributed by atoms with Gasteiger partial charge in [0.05, 0.1) is 12.8 Å². The van der Waals surface area contributed by atoms with Gasteiger partial charge in [-0.25, -0.2) is 4.39 Å². The van der Waals surface area contributed by atoms with E-state index in [0.29, 0.717) is 0 Å². The molecule has 1 aromatic rings. The van der Waals surface area contributed by atoms with E-state index in [4.69, 9.17) is 27.2 Å². The minimum Gasteiger partial charge on any atom is -0.503 e. The van der Waals surface area contributed by atoms with Gasteiger partial charge in [-0.3, -0.25) is 0 Å². The van der Waals surface area contributed by atoms with Gasteiger partial charge >= 0.3 is 0 Å². The average Bonchev–Trinajstić information content (AvgIpc) is 2.08. The number of rotatable bonds is 1. The number of benzene rings is 1. The average molecular weight is 192 g/mol. The molecule has 0 aliphatic carbocycles. The van der Waals surface area contributed by atoms with E-state index in [0.717, 1.165) is 6.07 Å². The fraction of sp³-hybridized carbons (Fsp3) is 0.143. The Morgan fingerprint density at radius 1 is 1.67 bits per heavy atom. The molecular weight excluding hydrogens is 185 g/mol. The molecule has 0 fully saturated rings. The van der Waals surface area contributed by atoms with Gasteiger partial charge in [-0.1, -0.05) is 11.6 Å². The van der Waals surface area contributed by atoms with Crippen LogP contribution in [0.2, 0.25) is 5.02 Å². The lowest BCUT2D eigenvalue weighted by atomic mass is 10.2. The molecule has 0 heterocycles. The zero-order valence-electron chi connectivity index (χ0n) is 6.27. The molecule has 0 aliphatic heterocycles. The van der Waals surface area contributed by atoms with E-state index in [1.807, 2.05) is 0 Å². The molecule has 3 N–H and O–H groups in total. The zero-order chi connectivity index (χ0) is 9.30. The van der Waals surface area contributed by atoms with Crippen LogP contribution in [0.15, 0.2) is 6.07 Å². The Kier molecular flexibility index (Phi) is 2.28. The molecule has 0 radical (unpaired) electrons. The van der Waals surface area contributed by atoms with E-state index in [9.17, 15) is 4.39 Å². The predicted molar refractivity (Wildman–Crippen MR) is 44.0 cm³/mol. The Morgan fingerprint density at radius 2 is 2.25 bits per heavy atom. The summed E-state index contributed by atoms with van der Waals surface area (Å²) in [5.41, 5.74) is 5.04. The summed E-state index contributed by atoms with van der Waals surface area (Å²) in [5.74, 6) is -1.40. The number of hydrogen-bond donors (Lipinski definition) is 2. The number of nitrogen functional groups attached to an aromatic ring is 1. The van der Waals surface area contributed by atoms with Crippen molar-refractivity contribution in [2.45, 2.75) is 0 Å². The van der Waals surface area contributed by atoms with Crippen molar-refractivity contribution in [1.82, 2.24) is 0 Å². The van der Waals surface area contributed by atoms with E-state index in [-0.39, 0.29) is 16.5 Å². The first-order valence-corrected chi connectivity index (χ1v) is 3.46. The van der Waals surface area contributed by atoms with Gasteiger partial charge in [0.15, 0.2) is 11.6 Å². The minimum absolute atomic E-state index is 0.0106. The standard InChI is InChI=1S/C7H7ClFNO2/c1-12-4-2-3(9)7(11)6(10)5(4)8/h2,11H,10H2,1H3. The maximum atomic E-state index is 12.7. The lowest BCUT2D eigenvalue weighted by molar-refractivity contribution is 0.401. The number of ether oxygens (including phenoxy) is 1. The molecule has 0 saturated carbocycles. The van der Waals surface area contributed by atoms with Gasteiger partial charge in [-0.15, -0.1) is 0 Å². The van der Waals surface area contributed by atoms with Crippen molar-refractivity contribution < 1.29 is 14.2 Å². The second kappa shape index (κ2) is 3.06. The smallest absolute Gasteiger partial charge is 0.176 e. The highest BCUT2D eigenvalue weighted by Crippen LogP contribution is 2.38. The van der Waals surface area contributed by atoms with Crippen LogP contribution >= 0.6 is 11.6 Å². The Morgan fingerprint density at radius 3 is 2.75 bits per heavy atom. The van der Waals surface area contributed by atoms with Crippen LogP contribution in [0.3, 0.4) is 0 Å². The van der Waals surface area contributed by atoms with E-state index in [1.54, 1.807) is 0 Å². The number of anilines is 1. The van der Waals surface area contributed by atoms with Crippen LogP contribution in [0.1, 0.15) is 0 Å². The maximum Gasteiger partial charge on any atom is 0.176 e. The van der Waals surface area contributed by atoms with Crippen LogP contribution in [-0.2, 0) is 0 Å². The molecule has 12 heavy (non-hydrogen) atoms. The molecule has 3 nitrogen and oxygen atoms in total. The van der Waals surface area contributed by atoms with Gasteiger partial charge in [-0.2, -0.15) is 0 Å². The Bertz CT molecular complexity index is 317. The van der Waals surface area contributed by atoms with Crippen molar-refractivity contribution in [1.29, 1.82) is 0 Å². The summed E-state index contributed by atoms with van der Waals surface area (Å²) in [7, 11) is 1.33. The second-order valence-electron chi connectivity index (χ2n) is 2.14. The second-order valence-corrected chi connectivity index (χ2v) is 2.51. The normalized spacial score (nSPS) is 9.92. The van der Waals surface area contributed by atoms with Gasteiger partial charge in [0, 0.05) is 6.07 Å². The largest absolute Gasteiger partial charge is 0.503 e. The molecule has 1 aromatic carbocycles. The molecule has 5 heteroatoms. The SMILES string of the molecule is COc1cc(F)c(O)c(N)c1Cl. The van der Waals surface area contributed by atoms with Gasteiger partial charge in [-0.05, 0) is 0 Å². The van der Waals surface area contributed by atoms with E-state index >= 15 is 0 Å². The molecule has 0 amide bonds. The van der Waals surface area contributed by atoms with Gasteiger partial charge in [0.1, 0.15) is 10.8 Å². The summed E-state index contributed by atoms with van der Waals surface area (Å²) in [5, 5.41) is 8.98. The van der Waals surface area contributed by atoms with E-state index in [1.165, 1.54) is 7.11 Å². The van der Waals surface area contributed by atoms with Gasteiger partial charge in [0.25, 0.3) is 0 Å². The van der Waals surface area contributed by atoms with Crippen molar-refractivity contribution in [3.8, 4) is 11.5 Å². The van der Waals surface area contributed by atoms with Gasteiger partial charge < -0.3 is 15.6 Å². The number of aromatic hydroxyl groups is 1. The third-order valence-corrected chi connectivity index (χ3v) is 1.80. The fourth-order valence-electron chi connectivity index (χ4n) is 0.761. The lowest BCUT2D eigenvalue weighted by Gasteiger charge is -2.07. The number of hydrogen-bond acceptors (Lipinski definition) is 3. The fourth-order valence-corrected chi connectivity index (χ4v) is 0.982. The summed E-state index contributed by atoms with van der Waals surface area (Å²) < 4.78 is 17.4. The molecular formula is C7H7ClFNO2. The molecule has 0 atom stereocenters. The highest BCUT2D eigenvalue weighted by Gasteiger charge is 2.13. The molecule has 0 aliphatic rings. The minimum atomic E-state index is -0.853. The molecule has 1 rings (SSSR count). The molecule has 0 saturated heterocycles. The van der Waals surface area contributed by atoms with Crippen molar-refractivity contribution >= 4 is 17.3 Å². The predicted octanol–water partition coefficient (Wildman–Crippen LogP) is 1.78. The summed E-state index contributed by atoms with van der Waals surface area (Å²) >= 11 is 5.59. The first kappa shape index (κ1) is 8.93. The summed E-state index contributed by atoms with van der Waals surface area (Å²) in [4.78, 5) is 0. The number of phenolic OH excluding ortho intramolecular Hbond substituents is 1. The van der Waals surface area contributed by atoms with Gasteiger partial charge in [0.2, 0.25) is 0 Å². The van der Waals surface area contributed by atoms with E-state index in [2.05, 4.69) is 0 Å². The first-order chi connectivity index (χ1) is 5.57. The molecule has 0 bridgehead atoms. The highest BCUT2D eigenvalue weighted by molar-refractivity contribution is 6.34. The Hall–Kier alpha value is -1.16. The summed E-state index contributed by atoms with van der Waals surface area (Å²) in [6.45, 7) is 0. The van der Waals surface area contributed by atoms with Crippen molar-refractivity contribution in [3.63, 3.8) is 0 Å². The van der Waals surface area contributed by atoms with Crippen LogP contribution in [0, 0.1) is 5.82 Å². The Labute approximate surface area is 73.5 Å². The maximum absolute atomic E-state index is 12.7.